The molecule has 1 aromatic carbocycles. The highest BCUT2D eigenvalue weighted by Crippen LogP contribution is 2.33. The van der Waals surface area contributed by atoms with Crippen molar-refractivity contribution in [2.24, 2.45) is 10.7 Å². The van der Waals surface area contributed by atoms with Gasteiger partial charge in [-0.25, -0.2) is 15.0 Å². The number of hydrogen-bond donors (Lipinski definition) is 5. The molecule has 13 nitrogen and oxygen atoms in total. The van der Waals surface area contributed by atoms with E-state index in [0.717, 1.165) is 71.6 Å². The van der Waals surface area contributed by atoms with Gasteiger partial charge in [-0.2, -0.15) is 4.99 Å². The zero-order valence-corrected chi connectivity index (χ0v) is 27.8. The molecule has 2 saturated heterocycles. The van der Waals surface area contributed by atoms with Crippen molar-refractivity contribution in [2.45, 2.75) is 46.0 Å². The first-order valence-electron chi connectivity index (χ1n) is 16.1. The Morgan fingerprint density at radius 2 is 1.81 bits per heavy atom. The summed E-state index contributed by atoms with van der Waals surface area (Å²) in [5, 5.41) is 7.29. The van der Waals surface area contributed by atoms with Crippen molar-refractivity contribution in [1.29, 1.82) is 0 Å². The van der Waals surface area contributed by atoms with Gasteiger partial charge in [0.15, 0.2) is 0 Å². The van der Waals surface area contributed by atoms with E-state index in [0.29, 0.717) is 24.3 Å². The van der Waals surface area contributed by atoms with Gasteiger partial charge in [0, 0.05) is 68.5 Å². The van der Waals surface area contributed by atoms with E-state index in [1.807, 2.05) is 46.3 Å². The van der Waals surface area contributed by atoms with E-state index in [4.69, 9.17) is 5.73 Å². The topological polar surface area (TPSA) is 173 Å². The molecule has 2 aliphatic rings. The summed E-state index contributed by atoms with van der Waals surface area (Å²) in [6.07, 6.45) is 14.2. The first-order chi connectivity index (χ1) is 22.8. The van der Waals surface area contributed by atoms with E-state index in [9.17, 15) is 9.59 Å². The minimum atomic E-state index is -0.0735. The standard InChI is InChI=1S/C19H23N7.C9H13N3O.C6H11NO/c1-11-9-24-19(25-16(20)8-12(2)21-3)26-17(11)14-10-23-18-13(14)6-5-7-15(18)22-4;13-8-4-5-10-9(11-8)12-6-2-1-3-7-12;8-6-5-7-3-1-2-4-7/h5-10,21-23H,1-4H3,(H2,20,24,25,26);4-5H,1-3,6-7H2,(H,10,11,13);6H,1-5H2/b12-8-;;. The molecule has 3 aromatic heterocycles. The number of aryl methyl sites for hydroxylation is 1. The molecule has 6 N–H and O–H groups in total. The number of para-hydroxylation sites is 1. The number of carbonyl (C=O) groups excluding carboxylic acids is 1. The van der Waals surface area contributed by atoms with Crippen molar-refractivity contribution in [1.82, 2.24) is 35.1 Å². The van der Waals surface area contributed by atoms with E-state index in [-0.39, 0.29) is 5.56 Å². The zero-order chi connectivity index (χ0) is 33.6. The van der Waals surface area contributed by atoms with E-state index < -0.39 is 0 Å². The second kappa shape index (κ2) is 17.6. The lowest BCUT2D eigenvalue weighted by atomic mass is 10.1. The number of amidine groups is 1. The predicted octanol–water partition coefficient (Wildman–Crippen LogP) is 4.13. The number of carbonyl (C=O) groups is 1. The van der Waals surface area contributed by atoms with Crippen LogP contribution in [0.4, 0.5) is 17.6 Å². The lowest BCUT2D eigenvalue weighted by Gasteiger charge is -2.26. The van der Waals surface area contributed by atoms with E-state index >= 15 is 0 Å². The van der Waals surface area contributed by atoms with Crippen LogP contribution in [0, 0.1) is 6.92 Å². The number of aliphatic imine (C=N–C) groups is 1. The molecule has 0 unspecified atom stereocenters. The summed E-state index contributed by atoms with van der Waals surface area (Å²) in [7, 11) is 3.73. The average Bonchev–Trinajstić information content (AvgIpc) is 3.77. The summed E-state index contributed by atoms with van der Waals surface area (Å²) < 4.78 is 0. The monoisotopic (exact) mass is 641 g/mol. The molecule has 0 spiro atoms. The maximum Gasteiger partial charge on any atom is 0.252 e. The predicted molar refractivity (Wildman–Crippen MR) is 190 cm³/mol. The molecule has 2 aliphatic heterocycles. The van der Waals surface area contributed by atoms with Gasteiger partial charge in [-0.05, 0) is 76.7 Å². The van der Waals surface area contributed by atoms with Crippen LogP contribution in [0.3, 0.4) is 0 Å². The van der Waals surface area contributed by atoms with Gasteiger partial charge in [0.2, 0.25) is 5.95 Å². The van der Waals surface area contributed by atoms with E-state index in [1.54, 1.807) is 18.5 Å². The molecule has 0 aliphatic carbocycles. The third-order valence-corrected chi connectivity index (χ3v) is 8.03. The van der Waals surface area contributed by atoms with Gasteiger partial charge in [-0.1, -0.05) is 12.1 Å². The van der Waals surface area contributed by atoms with Crippen LogP contribution in [0.1, 0.15) is 44.6 Å². The normalized spacial score (nSPS) is 15.4. The fraction of sp³-hybridized carbons (Fsp3) is 0.412. The highest BCUT2D eigenvalue weighted by Gasteiger charge is 2.14. The van der Waals surface area contributed by atoms with Gasteiger partial charge in [0.1, 0.15) is 12.1 Å². The highest BCUT2D eigenvalue weighted by molar-refractivity contribution is 6.01. The van der Waals surface area contributed by atoms with Crippen LogP contribution in [0.25, 0.3) is 22.2 Å². The molecule has 2 fully saturated rings. The van der Waals surface area contributed by atoms with Crippen molar-refractivity contribution in [2.75, 3.05) is 57.0 Å². The van der Waals surface area contributed by atoms with Crippen LogP contribution in [-0.2, 0) is 4.79 Å². The summed E-state index contributed by atoms with van der Waals surface area (Å²) in [5.74, 6) is 1.40. The molecular weight excluding hydrogens is 594 g/mol. The Morgan fingerprint density at radius 3 is 2.49 bits per heavy atom. The number of likely N-dealkylation sites (tertiary alicyclic amines) is 1. The summed E-state index contributed by atoms with van der Waals surface area (Å²) in [6, 6.07) is 7.56. The Hall–Kier alpha value is -5.04. The van der Waals surface area contributed by atoms with Gasteiger partial charge in [0.05, 0.1) is 23.4 Å². The number of nitrogens with one attached hydrogen (secondary N) is 4. The van der Waals surface area contributed by atoms with Crippen LogP contribution in [0.2, 0.25) is 0 Å². The Morgan fingerprint density at radius 1 is 1.06 bits per heavy atom. The molecule has 0 bridgehead atoms. The molecule has 13 heteroatoms. The number of rotatable bonds is 8. The van der Waals surface area contributed by atoms with Crippen LogP contribution < -0.4 is 26.8 Å². The number of H-pyrrole nitrogens is 2. The molecule has 0 amide bonds. The number of hydrogen-bond acceptors (Lipinski definition) is 10. The van der Waals surface area contributed by atoms with Crippen molar-refractivity contribution in [3.8, 4) is 11.3 Å². The Bertz CT molecular complexity index is 1710. The van der Waals surface area contributed by atoms with Crippen LogP contribution >= 0.6 is 0 Å². The number of nitrogens with two attached hydrogens (primary N) is 1. The molecule has 4 aromatic rings. The molecule has 6 rings (SSSR count). The average molecular weight is 642 g/mol. The third-order valence-electron chi connectivity index (χ3n) is 8.03. The van der Waals surface area contributed by atoms with Gasteiger partial charge < -0.3 is 31.0 Å². The minimum absolute atomic E-state index is 0.0735. The number of anilines is 2. The fourth-order valence-electron chi connectivity index (χ4n) is 5.46. The first-order valence-corrected chi connectivity index (χ1v) is 16.1. The largest absolute Gasteiger partial charge is 0.392 e. The number of aldehydes is 1. The molecule has 47 heavy (non-hydrogen) atoms. The van der Waals surface area contributed by atoms with Crippen LogP contribution in [-0.4, -0.2) is 88.8 Å². The van der Waals surface area contributed by atoms with Gasteiger partial charge in [0.25, 0.3) is 11.5 Å². The lowest BCUT2D eigenvalue weighted by molar-refractivity contribution is -0.108. The van der Waals surface area contributed by atoms with Crippen molar-refractivity contribution in [3.63, 3.8) is 0 Å². The summed E-state index contributed by atoms with van der Waals surface area (Å²) >= 11 is 0. The number of benzene rings is 1. The Balaban J connectivity index is 0.000000195. The number of piperidine rings is 1. The van der Waals surface area contributed by atoms with Gasteiger partial charge in [-0.15, -0.1) is 0 Å². The molecule has 0 atom stereocenters. The molecule has 0 radical (unpaired) electrons. The lowest BCUT2D eigenvalue weighted by Crippen LogP contribution is -2.32. The minimum Gasteiger partial charge on any atom is -0.392 e. The van der Waals surface area contributed by atoms with Gasteiger partial charge >= 0.3 is 0 Å². The smallest absolute Gasteiger partial charge is 0.252 e. The third kappa shape index (κ3) is 9.97. The Kier molecular flexibility index (Phi) is 13.0. The van der Waals surface area contributed by atoms with Gasteiger partial charge in [-0.3, -0.25) is 14.7 Å². The second-order valence-corrected chi connectivity index (χ2v) is 11.5. The van der Waals surface area contributed by atoms with Crippen LogP contribution in [0.5, 0.6) is 0 Å². The van der Waals surface area contributed by atoms with Crippen molar-refractivity contribution in [3.05, 3.63) is 70.5 Å². The molecule has 0 saturated carbocycles. The maximum atomic E-state index is 11.0. The number of fused-ring (bicyclic) bond motifs is 1. The summed E-state index contributed by atoms with van der Waals surface area (Å²) in [5.41, 5.74) is 11.7. The summed E-state index contributed by atoms with van der Waals surface area (Å²) in [6.45, 7) is 8.80. The number of aromatic nitrogens is 5. The van der Waals surface area contributed by atoms with Crippen molar-refractivity contribution < 1.29 is 4.79 Å². The maximum absolute atomic E-state index is 11.0. The number of aromatic amines is 2. The molecule has 250 valence electrons. The SMILES string of the molecule is CN/C(C)=C\C(N)=N/c1ncc(C)c(-c2c[nH]c3c(NC)cccc23)n1.O=CCN1CCCC1.O=c1ccnc(N2CCCCC2)[nH]1. The summed E-state index contributed by atoms with van der Waals surface area (Å²) in [4.78, 5) is 48.6. The Labute approximate surface area is 275 Å². The van der Waals surface area contributed by atoms with Crippen molar-refractivity contribution >= 4 is 40.6 Å². The first kappa shape index (κ1) is 34.8. The quantitative estimate of drug-likeness (QED) is 0.107. The number of allylic oxidation sites excluding steroid dienone is 1. The zero-order valence-electron chi connectivity index (χ0n) is 27.8. The molecule has 5 heterocycles. The number of nitrogens with zero attached hydrogens (tertiary/aromatic N) is 6. The van der Waals surface area contributed by atoms with Crippen LogP contribution in [0.15, 0.2) is 64.4 Å². The second-order valence-electron chi connectivity index (χ2n) is 11.5. The highest BCUT2D eigenvalue weighted by atomic mass is 16.1. The van der Waals surface area contributed by atoms with E-state index in [2.05, 4.69) is 56.4 Å². The molecular formula is C34H47N11O2. The van der Waals surface area contributed by atoms with E-state index in [1.165, 1.54) is 38.2 Å². The fourth-order valence-corrected chi connectivity index (χ4v) is 5.46.